The highest BCUT2D eigenvalue weighted by Gasteiger charge is 2.27. The Morgan fingerprint density at radius 3 is 1.90 bits per heavy atom. The van der Waals surface area contributed by atoms with Crippen molar-refractivity contribution in [3.63, 3.8) is 0 Å². The molecule has 2 rings (SSSR count). The van der Waals surface area contributed by atoms with Crippen LogP contribution in [0, 0.1) is 34.6 Å². The van der Waals surface area contributed by atoms with E-state index < -0.39 is 10.0 Å². The molecule has 1 aliphatic heterocycles. The summed E-state index contributed by atoms with van der Waals surface area (Å²) in [6, 6.07) is 0.000662. The molecule has 0 amide bonds. The van der Waals surface area contributed by atoms with Crippen molar-refractivity contribution < 1.29 is 8.42 Å². The van der Waals surface area contributed by atoms with Crippen LogP contribution in [0.3, 0.4) is 0 Å². The molecule has 20 heavy (non-hydrogen) atoms. The third-order valence-corrected chi connectivity index (χ3v) is 6.38. The van der Waals surface area contributed by atoms with Crippen LogP contribution >= 0.6 is 0 Å². The molecule has 4 nitrogen and oxygen atoms in total. The predicted molar refractivity (Wildman–Crippen MR) is 81.7 cm³/mol. The van der Waals surface area contributed by atoms with E-state index in [0.29, 0.717) is 11.4 Å². The van der Waals surface area contributed by atoms with E-state index in [0.717, 1.165) is 35.2 Å². The predicted octanol–water partition coefficient (Wildman–Crippen LogP) is 1.87. The molecule has 1 aliphatic rings. The van der Waals surface area contributed by atoms with E-state index in [1.54, 1.807) is 0 Å². The van der Waals surface area contributed by atoms with Gasteiger partial charge in [-0.25, -0.2) is 13.1 Å². The molecule has 0 saturated carbocycles. The summed E-state index contributed by atoms with van der Waals surface area (Å²) in [7, 11) is -3.46. The molecular weight excluding hydrogens is 272 g/mol. The van der Waals surface area contributed by atoms with Crippen LogP contribution in [0.4, 0.5) is 0 Å². The largest absolute Gasteiger partial charge is 0.315 e. The van der Waals surface area contributed by atoms with Crippen molar-refractivity contribution in [3.05, 3.63) is 27.8 Å². The second-order valence-electron chi connectivity index (χ2n) is 5.77. The minimum absolute atomic E-state index is 0.000662. The standard InChI is InChI=1S/C15H24N2O2S/c1-9-10(2)12(4)15(13(5)11(9)3)20(18,19)17-14-6-7-16-8-14/h14,16-17H,6-8H2,1-5H3/t14-/m1/s1. The average Bonchev–Trinajstić information content (AvgIpc) is 2.86. The SMILES string of the molecule is Cc1c(C)c(C)c(S(=O)(=O)N[C@@H]2CCNC2)c(C)c1C. The summed E-state index contributed by atoms with van der Waals surface area (Å²) in [5, 5.41) is 3.18. The van der Waals surface area contributed by atoms with Crippen molar-refractivity contribution in [1.29, 1.82) is 0 Å². The first-order valence-corrected chi connectivity index (χ1v) is 8.54. The highest BCUT2D eigenvalue weighted by molar-refractivity contribution is 7.89. The van der Waals surface area contributed by atoms with E-state index in [1.807, 2.05) is 27.7 Å². The molecule has 5 heteroatoms. The van der Waals surface area contributed by atoms with Crippen LogP contribution in [0.1, 0.15) is 34.2 Å². The number of rotatable bonds is 3. The highest BCUT2D eigenvalue weighted by atomic mass is 32.2. The number of nitrogens with one attached hydrogen (secondary N) is 2. The van der Waals surface area contributed by atoms with Gasteiger partial charge in [0, 0.05) is 12.6 Å². The summed E-state index contributed by atoms with van der Waals surface area (Å²) in [4.78, 5) is 0.463. The second kappa shape index (κ2) is 5.47. The van der Waals surface area contributed by atoms with Crippen molar-refractivity contribution in [2.45, 2.75) is 52.0 Å². The van der Waals surface area contributed by atoms with Gasteiger partial charge < -0.3 is 5.32 Å². The Labute approximate surface area is 122 Å². The molecule has 0 bridgehead atoms. The molecule has 1 aromatic carbocycles. The summed E-state index contributed by atoms with van der Waals surface area (Å²) >= 11 is 0. The number of hydrogen-bond donors (Lipinski definition) is 2. The third-order valence-electron chi connectivity index (χ3n) is 4.58. The lowest BCUT2D eigenvalue weighted by atomic mass is 9.95. The molecule has 1 saturated heterocycles. The van der Waals surface area contributed by atoms with Crippen LogP contribution in [0.2, 0.25) is 0 Å². The van der Waals surface area contributed by atoms with Gasteiger partial charge in [0.2, 0.25) is 10.0 Å². The highest BCUT2D eigenvalue weighted by Crippen LogP contribution is 2.29. The van der Waals surface area contributed by atoms with Gasteiger partial charge in [-0.1, -0.05) is 0 Å². The topological polar surface area (TPSA) is 58.2 Å². The quantitative estimate of drug-likeness (QED) is 0.895. The summed E-state index contributed by atoms with van der Waals surface area (Å²) in [6.07, 6.45) is 0.848. The van der Waals surface area contributed by atoms with E-state index >= 15 is 0 Å². The minimum Gasteiger partial charge on any atom is -0.315 e. The lowest BCUT2D eigenvalue weighted by Gasteiger charge is -2.20. The van der Waals surface area contributed by atoms with Crippen molar-refractivity contribution in [1.82, 2.24) is 10.0 Å². The Bertz CT molecular complexity index is 601. The van der Waals surface area contributed by atoms with Crippen molar-refractivity contribution in [3.8, 4) is 0 Å². The molecule has 0 aliphatic carbocycles. The fraction of sp³-hybridized carbons (Fsp3) is 0.600. The van der Waals surface area contributed by atoms with Gasteiger partial charge in [-0.2, -0.15) is 0 Å². The van der Waals surface area contributed by atoms with Crippen LogP contribution < -0.4 is 10.0 Å². The molecule has 2 N–H and O–H groups in total. The first-order valence-electron chi connectivity index (χ1n) is 7.05. The molecule has 112 valence electrons. The summed E-state index contributed by atoms with van der Waals surface area (Å²) < 4.78 is 28.3. The molecule has 0 aromatic heterocycles. The van der Waals surface area contributed by atoms with Crippen LogP contribution in [-0.4, -0.2) is 27.5 Å². The van der Waals surface area contributed by atoms with Gasteiger partial charge in [-0.05, 0) is 75.4 Å². The lowest BCUT2D eigenvalue weighted by molar-refractivity contribution is 0.558. The van der Waals surface area contributed by atoms with Crippen LogP contribution in [-0.2, 0) is 10.0 Å². The molecule has 1 fully saturated rings. The van der Waals surface area contributed by atoms with Crippen molar-refractivity contribution in [2.24, 2.45) is 0 Å². The number of hydrogen-bond acceptors (Lipinski definition) is 3. The Morgan fingerprint density at radius 1 is 0.950 bits per heavy atom. The zero-order valence-corrected chi connectivity index (χ0v) is 13.7. The lowest BCUT2D eigenvalue weighted by Crippen LogP contribution is -2.37. The van der Waals surface area contributed by atoms with Gasteiger partial charge in [0.1, 0.15) is 0 Å². The Hall–Kier alpha value is -0.910. The molecule has 0 unspecified atom stereocenters. The van der Waals surface area contributed by atoms with Crippen LogP contribution in [0.5, 0.6) is 0 Å². The van der Waals surface area contributed by atoms with E-state index in [-0.39, 0.29) is 6.04 Å². The zero-order chi connectivity index (χ0) is 15.1. The molecule has 0 spiro atoms. The smallest absolute Gasteiger partial charge is 0.241 e. The van der Waals surface area contributed by atoms with Crippen LogP contribution in [0.15, 0.2) is 4.90 Å². The van der Waals surface area contributed by atoms with E-state index in [2.05, 4.69) is 17.0 Å². The molecule has 1 aromatic rings. The average molecular weight is 296 g/mol. The minimum atomic E-state index is -3.46. The monoisotopic (exact) mass is 296 g/mol. The fourth-order valence-electron chi connectivity index (χ4n) is 2.90. The number of sulfonamides is 1. The fourth-order valence-corrected chi connectivity index (χ4v) is 4.77. The molecule has 0 radical (unpaired) electrons. The summed E-state index contributed by atoms with van der Waals surface area (Å²) in [5.74, 6) is 0. The molecular formula is C15H24N2O2S. The first kappa shape index (κ1) is 15.5. The Kier molecular flexibility index (Phi) is 4.23. The van der Waals surface area contributed by atoms with Crippen molar-refractivity contribution in [2.75, 3.05) is 13.1 Å². The zero-order valence-electron chi connectivity index (χ0n) is 12.9. The summed E-state index contributed by atoms with van der Waals surface area (Å²) in [6.45, 7) is 11.4. The Balaban J connectivity index is 2.51. The normalized spacial score (nSPS) is 19.6. The van der Waals surface area contributed by atoms with Gasteiger partial charge in [0.05, 0.1) is 4.90 Å². The van der Waals surface area contributed by atoms with Gasteiger partial charge in [0.15, 0.2) is 0 Å². The van der Waals surface area contributed by atoms with Gasteiger partial charge >= 0.3 is 0 Å². The van der Waals surface area contributed by atoms with Crippen molar-refractivity contribution >= 4 is 10.0 Å². The van der Waals surface area contributed by atoms with E-state index in [1.165, 1.54) is 5.56 Å². The second-order valence-corrected chi connectivity index (χ2v) is 7.42. The van der Waals surface area contributed by atoms with Gasteiger partial charge in [-0.15, -0.1) is 0 Å². The summed E-state index contributed by atoms with van der Waals surface area (Å²) in [5.41, 5.74) is 5.05. The maximum Gasteiger partial charge on any atom is 0.241 e. The maximum atomic E-state index is 12.7. The van der Waals surface area contributed by atoms with Gasteiger partial charge in [0.25, 0.3) is 0 Å². The van der Waals surface area contributed by atoms with E-state index in [9.17, 15) is 8.42 Å². The maximum absolute atomic E-state index is 12.7. The Morgan fingerprint density at radius 2 is 1.45 bits per heavy atom. The number of benzene rings is 1. The van der Waals surface area contributed by atoms with Crippen LogP contribution in [0.25, 0.3) is 0 Å². The molecule has 1 heterocycles. The first-order chi connectivity index (χ1) is 9.25. The third kappa shape index (κ3) is 2.62. The molecule has 1 atom stereocenters. The van der Waals surface area contributed by atoms with E-state index in [4.69, 9.17) is 0 Å². The van der Waals surface area contributed by atoms with Gasteiger partial charge in [-0.3, -0.25) is 0 Å².